The van der Waals surface area contributed by atoms with E-state index in [4.69, 9.17) is 77.0 Å². The normalized spacial score (nSPS) is 29.9. The van der Waals surface area contributed by atoms with Gasteiger partial charge in [0.15, 0.2) is 30.1 Å². The number of ether oxygens (including phenoxy) is 8. The van der Waals surface area contributed by atoms with Gasteiger partial charge >= 0.3 is 5.97 Å². The van der Waals surface area contributed by atoms with Gasteiger partial charge in [-0.3, -0.25) is 33.6 Å². The molecular weight excluding hydrogens is 1670 g/mol. The maximum absolute atomic E-state index is 15.9. The third-order valence-corrected chi connectivity index (χ3v) is 22.8. The van der Waals surface area contributed by atoms with Gasteiger partial charge in [-0.15, -0.1) is 0 Å². The van der Waals surface area contributed by atoms with Crippen LogP contribution in [-0.4, -0.2) is 251 Å². The predicted molar refractivity (Wildman–Crippen MR) is 429 cm³/mol. The fraction of sp³-hybridized carbons (Fsp3) is 0.475. The van der Waals surface area contributed by atoms with Crippen molar-refractivity contribution in [1.82, 2.24) is 42.5 Å². The Morgan fingerprint density at radius 3 is 2.00 bits per heavy atom. The van der Waals surface area contributed by atoms with E-state index >= 15 is 14.4 Å². The van der Waals surface area contributed by atoms with E-state index in [1.165, 1.54) is 69.9 Å². The lowest BCUT2D eigenvalue weighted by Crippen LogP contribution is -2.65. The van der Waals surface area contributed by atoms with Crippen molar-refractivity contribution < 1.29 is 142 Å². The van der Waals surface area contributed by atoms with Crippen molar-refractivity contribution in [3.8, 4) is 57.1 Å². The highest BCUT2D eigenvalue weighted by Gasteiger charge is 2.53. The Hall–Kier alpha value is -9.77. The summed E-state index contributed by atoms with van der Waals surface area (Å²) in [7, 11) is 1.48. The van der Waals surface area contributed by atoms with Crippen molar-refractivity contribution in [3.05, 3.63) is 141 Å². The number of carbonyl (C=O) groups is 8. The first-order valence-electron chi connectivity index (χ1n) is 38.7. The van der Waals surface area contributed by atoms with Crippen molar-refractivity contribution in [2.24, 2.45) is 17.4 Å². The summed E-state index contributed by atoms with van der Waals surface area (Å²) in [5.41, 5.74) is 8.60. The number of carbonyl (C=O) groups excluding carboxylic acids is 7. The molecule has 7 aliphatic heterocycles. The third kappa shape index (κ3) is 21.5. The minimum Gasteiger partial charge on any atom is -0.508 e. The number of phenols is 3. The summed E-state index contributed by atoms with van der Waals surface area (Å²) < 4.78 is 56.3. The van der Waals surface area contributed by atoms with E-state index in [2.05, 4.69) is 42.5 Å². The molecule has 2 unspecified atom stereocenters. The molecular formula is C80H98Cl2N10O29S. The largest absolute Gasteiger partial charge is 0.508 e. The molecule has 3 saturated heterocycles. The van der Waals surface area contributed by atoms with Crippen molar-refractivity contribution in [2.75, 3.05) is 32.5 Å². The van der Waals surface area contributed by atoms with Gasteiger partial charge in [-0.05, 0) is 129 Å². The summed E-state index contributed by atoms with van der Waals surface area (Å²) in [5.74, 6) is -12.6. The number of hydrogen-bond acceptors (Lipinski definition) is 32. The minimum absolute atomic E-state index is 0.00528. The monoisotopic (exact) mass is 1760 g/mol. The van der Waals surface area contributed by atoms with E-state index in [1.54, 1.807) is 12.3 Å². The maximum Gasteiger partial charge on any atom is 0.330 e. The van der Waals surface area contributed by atoms with E-state index < -0.39 is 267 Å². The lowest BCUT2D eigenvalue weighted by molar-refractivity contribution is -0.350. The molecule has 662 valence electrons. The van der Waals surface area contributed by atoms with Gasteiger partial charge in [0.05, 0.1) is 59.4 Å². The Morgan fingerprint density at radius 2 is 1.38 bits per heavy atom. The van der Waals surface area contributed by atoms with Gasteiger partial charge in [-0.1, -0.05) is 55.2 Å². The van der Waals surface area contributed by atoms with E-state index in [-0.39, 0.29) is 54.2 Å². The topological polar surface area (TPSA) is 615 Å². The van der Waals surface area contributed by atoms with Crippen molar-refractivity contribution >= 4 is 82.8 Å². The molecule has 13 rings (SSSR count). The van der Waals surface area contributed by atoms with Crippen LogP contribution in [0.1, 0.15) is 118 Å². The summed E-state index contributed by atoms with van der Waals surface area (Å²) in [4.78, 5) is 116. The zero-order chi connectivity index (χ0) is 88.6. The molecule has 5 aromatic carbocycles. The van der Waals surface area contributed by atoms with Crippen LogP contribution in [0.2, 0.25) is 10.0 Å². The SMILES string of the molecule is CN[C@H](CC(C)C)C(=O)NC1C(=O)N[C@@H](CC(N)=O)C(=O)N[C@H]2C(=O)N[C@@H](C)c3ccc(O)c(c3)-c3c(O)cc(O)cc3[C@H](C(=O)O)NC(=O)[C@@H](NC=O)[C@H](OC3C[C@](C)(N)[C@@H](O)[C@H](C)O3)c3ccc(c(Cl)c3)Oc3cc2cc(c3O[C@@H]2O[C@H](CO)[C@@H](O[C@@H]3O[C@H](CNCCSCc4ccco4)[C@H](O)[C@H](O)[C@H]3O)[C@H](O)[C@H]2O)Oc2ccc(cc2Cl)[C@H]1O. The molecule has 6 aromatic rings. The third-order valence-electron chi connectivity index (χ3n) is 21.2. The molecule has 9 bridgehead atoms. The van der Waals surface area contributed by atoms with Gasteiger partial charge in [0.25, 0.3) is 0 Å². The number of amides is 7. The van der Waals surface area contributed by atoms with Gasteiger partial charge in [0.1, 0.15) is 120 Å². The van der Waals surface area contributed by atoms with Crippen LogP contribution < -0.4 is 68.2 Å². The van der Waals surface area contributed by atoms with Gasteiger partial charge in [0.2, 0.25) is 53.9 Å². The number of carboxylic acid groups (broad SMARTS) is 1. The molecule has 42 heteroatoms. The van der Waals surface area contributed by atoms with E-state index in [9.17, 15) is 85.3 Å². The molecule has 122 heavy (non-hydrogen) atoms. The standard InChI is InChI=1S/C80H98Cl2N10O29S/c1-32(2)18-45(85-6)72(106)92-60-62(99)36-10-13-49(43(81)20-36)115-51-22-38-23-52(69(51)120-79-67(104)65(102)70(54(29-93)118-79)121-78-66(103)64(101)63(100)53(117-78)28-86-15-17-122-30-40-8-7-16-113-40)116-50-14-11-37(21-44(50)82)68(119-56-27-80(5,84)71(105)34(4)114-56)61(87-31-94)76(110)91-59(77(111)112)42-24-39(95)25-48(97)57(42)41-19-35(9-12-47(41)96)33(3)88-74(108)58(38)90-73(107)46(26-55(83)98)89-75(60)109/h7-14,16,19-25,31-34,45-46,53-54,56,58-68,70-71,78-79,85-86,93,95-97,99-105H,15,17-18,26-30,84H2,1-6H3,(H2,83,98)(H,87,94)(H,88,108)(H,89,109)(H,90,107)(H,91,110)(H,92,106)(H,111,112)/t33-,34-,45+,46-,53+,54+,56?,58+,59+,60?,61-,62+,63-,64-,65+,66+,67+,68+,70+,71-,78-,79-,80-/m0/s1. The molecule has 0 radical (unpaired) electrons. The van der Waals surface area contributed by atoms with Crippen LogP contribution in [0.25, 0.3) is 11.1 Å². The number of primary amides is 1. The first-order chi connectivity index (χ1) is 57.9. The molecule has 0 saturated carbocycles. The Kier molecular flexibility index (Phi) is 30.7. The molecule has 3 fully saturated rings. The van der Waals surface area contributed by atoms with Crippen molar-refractivity contribution in [3.63, 3.8) is 0 Å². The Balaban J connectivity index is 1.10. The highest BCUT2D eigenvalue weighted by atomic mass is 35.5. The zero-order valence-corrected chi connectivity index (χ0v) is 68.7. The highest BCUT2D eigenvalue weighted by molar-refractivity contribution is 7.98. The van der Waals surface area contributed by atoms with Crippen LogP contribution in [0.3, 0.4) is 0 Å². The summed E-state index contributed by atoms with van der Waals surface area (Å²) in [5, 5.41) is 159. The number of halogens is 2. The van der Waals surface area contributed by atoms with Crippen LogP contribution in [0.5, 0.6) is 46.0 Å². The van der Waals surface area contributed by atoms with Crippen LogP contribution in [0, 0.1) is 5.92 Å². The lowest BCUT2D eigenvalue weighted by atomic mass is 9.86. The summed E-state index contributed by atoms with van der Waals surface area (Å²) >= 11 is 16.0. The highest BCUT2D eigenvalue weighted by Crippen LogP contribution is 2.50. The van der Waals surface area contributed by atoms with Crippen LogP contribution >= 0.6 is 35.0 Å². The molecule has 0 spiro atoms. The number of likely N-dealkylation sites (N-methyl/N-ethyl adjacent to an activating group) is 1. The minimum atomic E-state index is -2.35. The first-order valence-corrected chi connectivity index (χ1v) is 40.6. The number of aromatic hydroxyl groups is 3. The van der Waals surface area contributed by atoms with Gasteiger partial charge in [0, 0.05) is 53.6 Å². The summed E-state index contributed by atoms with van der Waals surface area (Å²) in [6, 6.07) is 4.63. The molecule has 1 aromatic heterocycles. The molecule has 24 N–H and O–H groups in total. The lowest BCUT2D eigenvalue weighted by Gasteiger charge is -2.46. The molecule has 7 aliphatic rings. The second kappa shape index (κ2) is 40.3. The average molecular weight is 1770 g/mol. The number of hydrogen-bond donors (Lipinski definition) is 22. The van der Waals surface area contributed by atoms with Gasteiger partial charge in [-0.2, -0.15) is 11.8 Å². The predicted octanol–water partition coefficient (Wildman–Crippen LogP) is 0.690. The molecule has 23 atom stereocenters. The van der Waals surface area contributed by atoms with Crippen molar-refractivity contribution in [2.45, 2.75) is 200 Å². The smallest absolute Gasteiger partial charge is 0.330 e. The fourth-order valence-corrected chi connectivity index (χ4v) is 16.0. The quantitative estimate of drug-likeness (QED) is 0.0293. The summed E-state index contributed by atoms with van der Waals surface area (Å²) in [6.07, 6.45) is -26.8. The molecule has 0 aliphatic carbocycles. The van der Waals surface area contributed by atoms with Gasteiger partial charge in [-0.25, -0.2) is 4.79 Å². The molecule has 7 amide bonds. The number of aliphatic hydroxyl groups excluding tert-OH is 8. The second-order valence-electron chi connectivity index (χ2n) is 30.7. The van der Waals surface area contributed by atoms with E-state index in [1.807, 2.05) is 19.9 Å². The number of fused-ring (bicyclic) bond motifs is 16. The molecule has 39 nitrogen and oxygen atoms in total. The Bertz CT molecular complexity index is 4770. The fourth-order valence-electron chi connectivity index (χ4n) is 14.8. The first kappa shape index (κ1) is 92.9. The van der Waals surface area contributed by atoms with Crippen LogP contribution in [-0.2, 0) is 67.8 Å². The Morgan fingerprint density at radius 1 is 0.721 bits per heavy atom. The average Bonchev–Trinajstić information content (AvgIpc) is 0.794. The number of benzene rings is 5. The summed E-state index contributed by atoms with van der Waals surface area (Å²) in [6.45, 7) is 7.12. The number of nitrogens with one attached hydrogen (secondary N) is 8. The number of aliphatic hydroxyl groups is 8. The van der Waals surface area contributed by atoms with Gasteiger partial charge < -0.3 is 158 Å². The number of phenolic OH excluding ortho intramolecular Hbond substituents is 3. The number of furan rings is 1. The number of rotatable bonds is 24. The number of aliphatic carboxylic acids is 1. The Labute approximate surface area is 711 Å². The van der Waals surface area contributed by atoms with Crippen molar-refractivity contribution in [1.29, 1.82) is 0 Å². The van der Waals surface area contributed by atoms with E-state index in [0.29, 0.717) is 18.1 Å². The van der Waals surface area contributed by atoms with E-state index in [0.717, 1.165) is 54.3 Å². The van der Waals surface area contributed by atoms with Crippen LogP contribution in [0.4, 0.5) is 0 Å². The second-order valence-corrected chi connectivity index (χ2v) is 32.7. The number of nitrogens with two attached hydrogens (primary N) is 2. The number of thioether (sulfide) groups is 1. The number of carboxylic acids is 1. The zero-order valence-electron chi connectivity index (χ0n) is 66.4. The van der Waals surface area contributed by atoms with Crippen LogP contribution in [0.15, 0.2) is 102 Å². The molecule has 8 heterocycles. The maximum atomic E-state index is 15.9.